The molecule has 2 aliphatic rings. The zero-order valence-electron chi connectivity index (χ0n) is 17.7. The number of carbonyl (C=O) groups is 1. The number of nitrogens with one attached hydrogen (secondary N) is 1. The number of anilines is 2. The maximum atomic E-state index is 12.6. The number of amides is 1. The topological polar surface area (TPSA) is 35.6 Å². The Bertz CT molecular complexity index is 826. The van der Waals surface area contributed by atoms with Gasteiger partial charge in [-0.15, -0.1) is 0 Å². The molecule has 1 heterocycles. The molecular formula is C25H33N3O. The highest BCUT2D eigenvalue weighted by atomic mass is 16.2. The van der Waals surface area contributed by atoms with Crippen LogP contribution >= 0.6 is 0 Å². The van der Waals surface area contributed by atoms with E-state index in [-0.39, 0.29) is 5.91 Å². The highest BCUT2D eigenvalue weighted by molar-refractivity contribution is 5.84. The molecule has 4 nitrogen and oxygen atoms in total. The second-order valence-electron chi connectivity index (χ2n) is 8.80. The Kier molecular flexibility index (Phi) is 6.08. The number of benzene rings is 2. The van der Waals surface area contributed by atoms with Crippen LogP contribution in [0.1, 0.15) is 43.7 Å². The third-order valence-corrected chi connectivity index (χ3v) is 6.10. The molecule has 1 aliphatic carbocycles. The molecule has 4 rings (SSSR count). The van der Waals surface area contributed by atoms with E-state index in [4.69, 9.17) is 0 Å². The highest BCUT2D eigenvalue weighted by Crippen LogP contribution is 2.37. The first-order chi connectivity index (χ1) is 14.1. The van der Waals surface area contributed by atoms with E-state index in [1.807, 2.05) is 0 Å². The van der Waals surface area contributed by atoms with Crippen molar-refractivity contribution in [1.82, 2.24) is 5.32 Å². The van der Waals surface area contributed by atoms with Crippen molar-refractivity contribution in [2.24, 2.45) is 5.92 Å². The van der Waals surface area contributed by atoms with Crippen molar-refractivity contribution in [2.75, 3.05) is 42.5 Å². The van der Waals surface area contributed by atoms with Crippen LogP contribution in [0.4, 0.5) is 11.4 Å². The number of fused-ring (bicyclic) bond motifs is 1. The van der Waals surface area contributed by atoms with Gasteiger partial charge in [0.15, 0.2) is 0 Å². The van der Waals surface area contributed by atoms with Gasteiger partial charge in [-0.2, -0.15) is 0 Å². The lowest BCUT2D eigenvalue weighted by Gasteiger charge is -2.38. The number of para-hydroxylation sites is 2. The molecule has 1 aliphatic heterocycles. The summed E-state index contributed by atoms with van der Waals surface area (Å²) in [7, 11) is 0. The quantitative estimate of drug-likeness (QED) is 0.732. The Morgan fingerprint density at radius 2 is 1.66 bits per heavy atom. The maximum absolute atomic E-state index is 12.6. The Labute approximate surface area is 174 Å². The first kappa shape index (κ1) is 19.8. The van der Waals surface area contributed by atoms with Gasteiger partial charge in [0.1, 0.15) is 0 Å². The smallest absolute Gasteiger partial charge is 0.239 e. The van der Waals surface area contributed by atoms with E-state index >= 15 is 0 Å². The SMILES string of the molecule is CC(C)c1ccc(CCNC(=O)CN2CCN(CC3CC3)c3ccccc32)cc1. The van der Waals surface area contributed by atoms with Crippen molar-refractivity contribution in [3.63, 3.8) is 0 Å². The van der Waals surface area contributed by atoms with Gasteiger partial charge in [-0.05, 0) is 54.4 Å². The van der Waals surface area contributed by atoms with Crippen molar-refractivity contribution < 1.29 is 4.79 Å². The van der Waals surface area contributed by atoms with Crippen LogP contribution in [0.25, 0.3) is 0 Å². The number of rotatable bonds is 8. The summed E-state index contributed by atoms with van der Waals surface area (Å²) in [5.41, 5.74) is 5.11. The van der Waals surface area contributed by atoms with Crippen LogP contribution in [0.2, 0.25) is 0 Å². The molecule has 0 atom stereocenters. The Morgan fingerprint density at radius 1 is 1.00 bits per heavy atom. The van der Waals surface area contributed by atoms with Crippen molar-refractivity contribution in [3.8, 4) is 0 Å². The molecule has 0 bridgehead atoms. The molecule has 2 aromatic carbocycles. The lowest BCUT2D eigenvalue weighted by atomic mass is 10.0. The average molecular weight is 392 g/mol. The zero-order chi connectivity index (χ0) is 20.2. The van der Waals surface area contributed by atoms with Gasteiger partial charge in [0.05, 0.1) is 17.9 Å². The van der Waals surface area contributed by atoms with Crippen LogP contribution in [-0.2, 0) is 11.2 Å². The van der Waals surface area contributed by atoms with Gasteiger partial charge in [-0.1, -0.05) is 50.2 Å². The number of nitrogens with zero attached hydrogens (tertiary/aromatic N) is 2. The standard InChI is InChI=1S/C25H33N3O/c1-19(2)22-11-9-20(10-12-22)13-14-26-25(29)18-28-16-15-27(17-21-7-8-21)23-5-3-4-6-24(23)28/h3-6,9-12,19,21H,7-8,13-18H2,1-2H3,(H,26,29). The lowest BCUT2D eigenvalue weighted by Crippen LogP contribution is -2.46. The summed E-state index contributed by atoms with van der Waals surface area (Å²) < 4.78 is 0. The van der Waals surface area contributed by atoms with Crippen LogP contribution in [0.3, 0.4) is 0 Å². The minimum atomic E-state index is 0.106. The van der Waals surface area contributed by atoms with Crippen LogP contribution in [0, 0.1) is 5.92 Å². The van der Waals surface area contributed by atoms with Crippen molar-refractivity contribution >= 4 is 17.3 Å². The molecule has 0 saturated heterocycles. The second kappa shape index (κ2) is 8.89. The first-order valence-corrected chi connectivity index (χ1v) is 11.0. The van der Waals surface area contributed by atoms with Crippen LogP contribution in [0.15, 0.2) is 48.5 Å². The zero-order valence-corrected chi connectivity index (χ0v) is 17.7. The molecule has 4 heteroatoms. The van der Waals surface area contributed by atoms with Crippen molar-refractivity contribution in [1.29, 1.82) is 0 Å². The lowest BCUT2D eigenvalue weighted by molar-refractivity contribution is -0.119. The van der Waals surface area contributed by atoms with E-state index in [0.29, 0.717) is 19.0 Å². The third-order valence-electron chi connectivity index (χ3n) is 6.10. The summed E-state index contributed by atoms with van der Waals surface area (Å²) in [4.78, 5) is 17.3. The van der Waals surface area contributed by atoms with Crippen molar-refractivity contribution in [3.05, 3.63) is 59.7 Å². The van der Waals surface area contributed by atoms with E-state index in [1.54, 1.807) is 0 Å². The Balaban J connectivity index is 1.29. The highest BCUT2D eigenvalue weighted by Gasteiger charge is 2.29. The number of hydrogen-bond donors (Lipinski definition) is 1. The molecule has 0 radical (unpaired) electrons. The molecule has 0 unspecified atom stereocenters. The van der Waals surface area contributed by atoms with Crippen molar-refractivity contribution in [2.45, 2.75) is 39.0 Å². The monoisotopic (exact) mass is 391 g/mol. The summed E-state index contributed by atoms with van der Waals surface area (Å²) in [6, 6.07) is 17.3. The molecule has 1 fully saturated rings. The molecule has 1 amide bonds. The first-order valence-electron chi connectivity index (χ1n) is 11.0. The van der Waals surface area contributed by atoms with E-state index in [2.05, 4.69) is 77.5 Å². The molecule has 29 heavy (non-hydrogen) atoms. The number of carbonyl (C=O) groups excluding carboxylic acids is 1. The normalized spacial score (nSPS) is 16.1. The summed E-state index contributed by atoms with van der Waals surface area (Å²) >= 11 is 0. The number of hydrogen-bond acceptors (Lipinski definition) is 3. The largest absolute Gasteiger partial charge is 0.368 e. The predicted molar refractivity (Wildman–Crippen MR) is 121 cm³/mol. The van der Waals surface area contributed by atoms with E-state index in [0.717, 1.165) is 32.0 Å². The summed E-state index contributed by atoms with van der Waals surface area (Å²) in [6.45, 7) is 8.60. The Morgan fingerprint density at radius 3 is 2.31 bits per heavy atom. The van der Waals surface area contributed by atoms with Gasteiger partial charge in [0.2, 0.25) is 5.91 Å². The summed E-state index contributed by atoms with van der Waals surface area (Å²) in [6.07, 6.45) is 3.60. The van der Waals surface area contributed by atoms with E-state index < -0.39 is 0 Å². The molecule has 1 saturated carbocycles. The summed E-state index contributed by atoms with van der Waals surface area (Å²) in [5.74, 6) is 1.53. The molecule has 1 N–H and O–H groups in total. The maximum Gasteiger partial charge on any atom is 0.239 e. The fourth-order valence-corrected chi connectivity index (χ4v) is 4.09. The molecule has 0 aromatic heterocycles. The second-order valence-corrected chi connectivity index (χ2v) is 8.80. The summed E-state index contributed by atoms with van der Waals surface area (Å²) in [5, 5.41) is 3.11. The molecule has 2 aromatic rings. The third kappa shape index (κ3) is 5.11. The molecule has 0 spiro atoms. The molecule has 154 valence electrons. The fraction of sp³-hybridized carbons (Fsp3) is 0.480. The fourth-order valence-electron chi connectivity index (χ4n) is 4.09. The van der Waals surface area contributed by atoms with Crippen LogP contribution < -0.4 is 15.1 Å². The van der Waals surface area contributed by atoms with Gasteiger partial charge in [0, 0.05) is 26.2 Å². The van der Waals surface area contributed by atoms with Gasteiger partial charge in [-0.25, -0.2) is 0 Å². The van der Waals surface area contributed by atoms with Gasteiger partial charge < -0.3 is 15.1 Å². The van der Waals surface area contributed by atoms with Gasteiger partial charge in [-0.3, -0.25) is 4.79 Å². The minimum Gasteiger partial charge on any atom is -0.368 e. The average Bonchev–Trinajstić information content (AvgIpc) is 3.54. The van der Waals surface area contributed by atoms with Gasteiger partial charge in [0.25, 0.3) is 0 Å². The predicted octanol–water partition coefficient (Wildman–Crippen LogP) is 4.21. The van der Waals surface area contributed by atoms with Crippen LogP contribution in [-0.4, -0.2) is 38.6 Å². The van der Waals surface area contributed by atoms with E-state index in [1.165, 1.54) is 35.3 Å². The van der Waals surface area contributed by atoms with Crippen LogP contribution in [0.5, 0.6) is 0 Å². The van der Waals surface area contributed by atoms with E-state index in [9.17, 15) is 4.79 Å². The molecular weight excluding hydrogens is 358 g/mol. The van der Waals surface area contributed by atoms with Gasteiger partial charge >= 0.3 is 0 Å². The minimum absolute atomic E-state index is 0.106. The Hall–Kier alpha value is -2.49.